The topological polar surface area (TPSA) is 52.3 Å². The van der Waals surface area contributed by atoms with E-state index in [2.05, 4.69) is 26.0 Å². The molecule has 2 radical (unpaired) electrons. The van der Waals surface area contributed by atoms with Gasteiger partial charge in [0.2, 0.25) is 0 Å². The summed E-state index contributed by atoms with van der Waals surface area (Å²) < 4.78 is 19.5. The summed E-state index contributed by atoms with van der Waals surface area (Å²) in [6.07, 6.45) is 0.0956. The van der Waals surface area contributed by atoms with Gasteiger partial charge in [0.25, 0.3) is 0 Å². The molecule has 0 spiro atoms. The molecular weight excluding hydrogens is 333 g/mol. The maximum absolute atomic E-state index is 14.6. The van der Waals surface area contributed by atoms with Crippen LogP contribution in [0.25, 0.3) is 11.1 Å². The zero-order chi connectivity index (χ0) is 18.6. The molecule has 2 aromatic rings. The Morgan fingerprint density at radius 2 is 1.84 bits per heavy atom. The fraction of sp³-hybridized carbons (Fsp3) is 0.350. The number of halogens is 1. The highest BCUT2D eigenvalue weighted by atomic mass is 28.2. The Morgan fingerprint density at radius 3 is 2.44 bits per heavy atom. The molecule has 0 aliphatic heterocycles. The Labute approximate surface area is 151 Å². The molecule has 0 unspecified atom stereocenters. The van der Waals surface area contributed by atoms with Crippen molar-refractivity contribution in [1.29, 1.82) is 0 Å². The van der Waals surface area contributed by atoms with E-state index < -0.39 is 5.67 Å². The van der Waals surface area contributed by atoms with Gasteiger partial charge in [-0.2, -0.15) is 0 Å². The molecule has 0 fully saturated rings. The molecule has 132 valence electrons. The third kappa shape index (κ3) is 4.77. The molecule has 0 saturated heterocycles. The van der Waals surface area contributed by atoms with Crippen LogP contribution in [0.1, 0.15) is 30.0 Å². The van der Waals surface area contributed by atoms with E-state index in [0.29, 0.717) is 17.4 Å². The SMILES string of the molecule is CCOC(=O)C[C@H](N)[Si]c1cc(-c2c(C)cccc2C)cc(C)c1F. The van der Waals surface area contributed by atoms with Crippen LogP contribution >= 0.6 is 0 Å². The molecule has 0 heterocycles. The van der Waals surface area contributed by atoms with E-state index in [-0.39, 0.29) is 27.7 Å². The molecular formula is C20H24FNO2Si. The number of hydrogen-bond acceptors (Lipinski definition) is 3. The molecule has 2 N–H and O–H groups in total. The van der Waals surface area contributed by atoms with Gasteiger partial charge in [-0.3, -0.25) is 4.79 Å². The Kier molecular flexibility index (Phi) is 6.50. The molecule has 2 rings (SSSR count). The molecule has 2 aromatic carbocycles. The predicted octanol–water partition coefficient (Wildman–Crippen LogP) is 2.99. The first-order chi connectivity index (χ1) is 11.8. The highest BCUT2D eigenvalue weighted by molar-refractivity contribution is 6.55. The zero-order valence-corrected chi connectivity index (χ0v) is 16.2. The minimum absolute atomic E-state index is 0.00751. The second-order valence-electron chi connectivity index (χ2n) is 6.18. The standard InChI is InChI=1S/C20H24FNO2Si/c1-5-24-18(23)11-17(22)25-16-10-15(9-14(4)20(16)21)19-12(2)7-6-8-13(19)3/h6-10,17H,5,11,22H2,1-4H3/t17-/m1/s1. The Bertz CT molecular complexity index is 756. The van der Waals surface area contributed by atoms with Crippen LogP contribution in [0, 0.1) is 26.6 Å². The van der Waals surface area contributed by atoms with Crippen molar-refractivity contribution in [2.75, 3.05) is 6.61 Å². The van der Waals surface area contributed by atoms with E-state index in [9.17, 15) is 9.18 Å². The van der Waals surface area contributed by atoms with Crippen molar-refractivity contribution in [1.82, 2.24) is 0 Å². The molecule has 0 aliphatic carbocycles. The van der Waals surface area contributed by atoms with Crippen LogP contribution in [0.15, 0.2) is 30.3 Å². The van der Waals surface area contributed by atoms with Crippen molar-refractivity contribution < 1.29 is 13.9 Å². The Balaban J connectivity index is 2.34. The molecule has 3 nitrogen and oxygen atoms in total. The van der Waals surface area contributed by atoms with Crippen molar-refractivity contribution >= 4 is 20.7 Å². The Hall–Kier alpha value is -1.98. The maximum atomic E-state index is 14.6. The smallest absolute Gasteiger partial charge is 0.307 e. The number of carbonyl (C=O) groups is 1. The first kappa shape index (κ1) is 19.3. The lowest BCUT2D eigenvalue weighted by Crippen LogP contribution is -2.39. The van der Waals surface area contributed by atoms with Crippen LogP contribution in [0.5, 0.6) is 0 Å². The van der Waals surface area contributed by atoms with Gasteiger partial charge < -0.3 is 10.5 Å². The van der Waals surface area contributed by atoms with Crippen LogP contribution in [-0.4, -0.2) is 27.8 Å². The summed E-state index contributed by atoms with van der Waals surface area (Å²) in [5.74, 6) is -0.585. The quantitative estimate of drug-likeness (QED) is 0.639. The van der Waals surface area contributed by atoms with Crippen LogP contribution in [0.4, 0.5) is 4.39 Å². The number of hydrogen-bond donors (Lipinski definition) is 1. The average molecular weight is 358 g/mol. The third-order valence-corrected chi connectivity index (χ3v) is 5.31. The number of benzene rings is 2. The first-order valence-corrected chi connectivity index (χ1v) is 9.45. The lowest BCUT2D eigenvalue weighted by atomic mass is 9.95. The highest BCUT2D eigenvalue weighted by Crippen LogP contribution is 2.27. The van der Waals surface area contributed by atoms with E-state index in [1.54, 1.807) is 13.8 Å². The number of rotatable bonds is 6. The minimum Gasteiger partial charge on any atom is -0.466 e. The van der Waals surface area contributed by atoms with Gasteiger partial charge in [-0.1, -0.05) is 24.3 Å². The number of aryl methyl sites for hydroxylation is 3. The summed E-state index contributed by atoms with van der Waals surface area (Å²) >= 11 is 0. The van der Waals surface area contributed by atoms with Gasteiger partial charge >= 0.3 is 5.97 Å². The average Bonchev–Trinajstić information content (AvgIpc) is 2.52. The van der Waals surface area contributed by atoms with Gasteiger partial charge in [-0.15, -0.1) is 0 Å². The molecule has 5 heteroatoms. The lowest BCUT2D eigenvalue weighted by molar-refractivity contribution is -0.143. The molecule has 0 saturated carbocycles. The summed E-state index contributed by atoms with van der Waals surface area (Å²) in [5, 5.41) is 0.564. The van der Waals surface area contributed by atoms with E-state index in [1.165, 1.54) is 0 Å². The highest BCUT2D eigenvalue weighted by Gasteiger charge is 2.17. The number of ether oxygens (including phenoxy) is 1. The molecule has 25 heavy (non-hydrogen) atoms. The van der Waals surface area contributed by atoms with Crippen LogP contribution in [0.3, 0.4) is 0 Å². The van der Waals surface area contributed by atoms with Crippen LogP contribution in [-0.2, 0) is 9.53 Å². The van der Waals surface area contributed by atoms with E-state index >= 15 is 0 Å². The van der Waals surface area contributed by atoms with Crippen molar-refractivity contribution in [2.24, 2.45) is 5.73 Å². The van der Waals surface area contributed by atoms with Crippen molar-refractivity contribution in [3.8, 4) is 11.1 Å². The monoisotopic (exact) mass is 357 g/mol. The van der Waals surface area contributed by atoms with E-state index in [1.807, 2.05) is 18.2 Å². The zero-order valence-electron chi connectivity index (χ0n) is 15.2. The largest absolute Gasteiger partial charge is 0.466 e. The summed E-state index contributed by atoms with van der Waals surface area (Å²) in [7, 11) is 0.00751. The second-order valence-corrected chi connectivity index (χ2v) is 7.75. The molecule has 1 atom stereocenters. The van der Waals surface area contributed by atoms with Gasteiger partial charge in [-0.05, 0) is 66.8 Å². The number of carbonyl (C=O) groups excluding carboxylic acids is 1. The maximum Gasteiger partial charge on any atom is 0.307 e. The summed E-state index contributed by atoms with van der Waals surface area (Å²) in [6, 6.07) is 9.85. The lowest BCUT2D eigenvalue weighted by Gasteiger charge is -2.16. The molecule has 0 amide bonds. The fourth-order valence-corrected chi connectivity index (χ4v) is 4.17. The van der Waals surface area contributed by atoms with Crippen LogP contribution < -0.4 is 10.9 Å². The third-order valence-electron chi connectivity index (χ3n) is 4.06. The first-order valence-electron chi connectivity index (χ1n) is 8.38. The summed E-state index contributed by atoms with van der Waals surface area (Å²) in [4.78, 5) is 11.6. The van der Waals surface area contributed by atoms with Crippen LogP contribution in [0.2, 0.25) is 0 Å². The summed E-state index contributed by atoms with van der Waals surface area (Å²) in [5.41, 5.74) is 10.6. The van der Waals surface area contributed by atoms with Crippen molar-refractivity contribution in [3.05, 3.63) is 52.8 Å². The van der Waals surface area contributed by atoms with Gasteiger partial charge in [0.15, 0.2) is 0 Å². The second kappa shape index (κ2) is 8.40. The predicted molar refractivity (Wildman–Crippen MR) is 101 cm³/mol. The fourth-order valence-electron chi connectivity index (χ4n) is 2.94. The number of nitrogens with two attached hydrogens (primary N) is 1. The van der Waals surface area contributed by atoms with Gasteiger partial charge in [0, 0.05) is 5.67 Å². The molecule has 0 aliphatic rings. The Morgan fingerprint density at radius 1 is 1.20 bits per heavy atom. The molecule has 0 bridgehead atoms. The summed E-state index contributed by atoms with van der Waals surface area (Å²) in [6.45, 7) is 7.94. The van der Waals surface area contributed by atoms with Gasteiger partial charge in [0.1, 0.15) is 15.3 Å². The van der Waals surface area contributed by atoms with Gasteiger partial charge in [0.05, 0.1) is 13.0 Å². The molecule has 0 aromatic heterocycles. The normalized spacial score (nSPS) is 12.1. The number of esters is 1. The van der Waals surface area contributed by atoms with Crippen molar-refractivity contribution in [2.45, 2.75) is 39.8 Å². The minimum atomic E-state index is -0.443. The van der Waals surface area contributed by atoms with Crippen molar-refractivity contribution in [3.63, 3.8) is 0 Å². The van der Waals surface area contributed by atoms with E-state index in [4.69, 9.17) is 10.5 Å². The van der Waals surface area contributed by atoms with Gasteiger partial charge in [-0.25, -0.2) is 4.39 Å². The van der Waals surface area contributed by atoms with E-state index in [0.717, 1.165) is 22.3 Å².